The van der Waals surface area contributed by atoms with Crippen LogP contribution in [0.1, 0.15) is 137 Å². The zero-order chi connectivity index (χ0) is 29.5. The van der Waals surface area contributed by atoms with Crippen LogP contribution in [0, 0.1) is 17.8 Å². The van der Waals surface area contributed by atoms with Gasteiger partial charge in [-0.2, -0.15) is 0 Å². The van der Waals surface area contributed by atoms with Gasteiger partial charge in [-0.1, -0.05) is 105 Å². The molecule has 0 aromatic carbocycles. The summed E-state index contributed by atoms with van der Waals surface area (Å²) >= 11 is 0. The van der Waals surface area contributed by atoms with E-state index in [-0.39, 0.29) is 24.1 Å². The molecule has 0 fully saturated rings. The fourth-order valence-corrected chi connectivity index (χ4v) is 5.45. The Bertz CT molecular complexity index is 632. The third-order valence-corrected chi connectivity index (χ3v) is 8.17. The van der Waals surface area contributed by atoms with Crippen LogP contribution in [0.3, 0.4) is 0 Å². The highest BCUT2D eigenvalue weighted by molar-refractivity contribution is 5.71. The first-order valence-electron chi connectivity index (χ1n) is 15.9. The van der Waals surface area contributed by atoms with Gasteiger partial charge in [0.1, 0.15) is 17.8 Å². The van der Waals surface area contributed by atoms with Gasteiger partial charge in [0, 0.05) is 0 Å². The SMILES string of the molecule is CCCCCCCCCCCCCCC/C=C/[N+](CC(CC)C(=O)O)(CC(CC)C(=O)O)CC(CC)C(=O)O. The van der Waals surface area contributed by atoms with Crippen molar-refractivity contribution in [2.45, 2.75) is 137 Å². The van der Waals surface area contributed by atoms with Crippen molar-refractivity contribution in [3.05, 3.63) is 12.3 Å². The Morgan fingerprint density at radius 1 is 0.538 bits per heavy atom. The molecule has 0 heterocycles. The number of hydrogen-bond donors (Lipinski definition) is 3. The Morgan fingerprint density at radius 3 is 1.13 bits per heavy atom. The minimum atomic E-state index is -0.920. The van der Waals surface area contributed by atoms with Gasteiger partial charge in [-0.25, -0.2) is 0 Å². The van der Waals surface area contributed by atoms with E-state index in [0.717, 1.165) is 19.3 Å². The first-order chi connectivity index (χ1) is 18.7. The van der Waals surface area contributed by atoms with Gasteiger partial charge in [-0.3, -0.25) is 18.9 Å². The largest absolute Gasteiger partial charge is 0.481 e. The Morgan fingerprint density at radius 2 is 0.846 bits per heavy atom. The van der Waals surface area contributed by atoms with Crippen molar-refractivity contribution in [1.82, 2.24) is 0 Å². The molecule has 3 unspecified atom stereocenters. The molecule has 0 aliphatic carbocycles. The monoisotopic (exact) mass is 554 g/mol. The quantitative estimate of drug-likeness (QED) is 0.0698. The van der Waals surface area contributed by atoms with Gasteiger partial charge >= 0.3 is 17.9 Å². The summed E-state index contributed by atoms with van der Waals surface area (Å²) < 4.78 is 0.0822. The molecule has 0 saturated carbocycles. The van der Waals surface area contributed by atoms with E-state index in [1.807, 2.05) is 33.0 Å². The molecular weight excluding hydrogens is 494 g/mol. The summed E-state index contributed by atoms with van der Waals surface area (Å²) in [7, 11) is 0. The molecule has 39 heavy (non-hydrogen) atoms. The van der Waals surface area contributed by atoms with Crippen LogP contribution >= 0.6 is 0 Å². The molecule has 228 valence electrons. The second-order valence-corrected chi connectivity index (χ2v) is 11.5. The molecule has 0 bridgehead atoms. The third kappa shape index (κ3) is 17.4. The number of unbranched alkanes of at least 4 members (excludes halogenated alkanes) is 13. The second kappa shape index (κ2) is 22.9. The lowest BCUT2D eigenvalue weighted by atomic mass is 9.96. The summed E-state index contributed by atoms with van der Waals surface area (Å²) in [6.45, 7) is 8.30. The molecule has 0 aromatic heterocycles. The van der Waals surface area contributed by atoms with E-state index in [1.165, 1.54) is 70.6 Å². The summed E-state index contributed by atoms with van der Waals surface area (Å²) in [6, 6.07) is 0. The smallest absolute Gasteiger partial charge is 0.312 e. The molecule has 0 aromatic rings. The Labute approximate surface area is 238 Å². The fourth-order valence-electron chi connectivity index (χ4n) is 5.45. The van der Waals surface area contributed by atoms with Gasteiger partial charge < -0.3 is 15.3 Å². The van der Waals surface area contributed by atoms with Crippen molar-refractivity contribution >= 4 is 17.9 Å². The molecule has 0 rings (SSSR count). The Hall–Kier alpha value is -1.89. The van der Waals surface area contributed by atoms with Crippen molar-refractivity contribution in [3.8, 4) is 0 Å². The Balaban J connectivity index is 5.06. The maximum atomic E-state index is 11.9. The lowest BCUT2D eigenvalue weighted by Gasteiger charge is -2.40. The topological polar surface area (TPSA) is 112 Å². The Kier molecular flexibility index (Phi) is 21.8. The van der Waals surface area contributed by atoms with Gasteiger partial charge in [0.15, 0.2) is 0 Å². The fraction of sp³-hybridized carbons (Fsp3) is 0.844. The van der Waals surface area contributed by atoms with E-state index in [4.69, 9.17) is 0 Å². The molecule has 0 amide bonds. The van der Waals surface area contributed by atoms with Gasteiger partial charge in [0.2, 0.25) is 0 Å². The van der Waals surface area contributed by atoms with Crippen LogP contribution in [0.25, 0.3) is 0 Å². The van der Waals surface area contributed by atoms with E-state index in [2.05, 4.69) is 6.92 Å². The highest BCUT2D eigenvalue weighted by Gasteiger charge is 2.39. The first kappa shape index (κ1) is 37.1. The van der Waals surface area contributed by atoms with Gasteiger partial charge in [-0.05, 0) is 38.2 Å². The van der Waals surface area contributed by atoms with Crippen LogP contribution in [0.5, 0.6) is 0 Å². The zero-order valence-electron chi connectivity index (χ0n) is 25.5. The predicted octanol–water partition coefficient (Wildman–Crippen LogP) is 8.13. The van der Waals surface area contributed by atoms with Gasteiger partial charge in [0.25, 0.3) is 0 Å². The minimum absolute atomic E-state index is 0.0822. The zero-order valence-corrected chi connectivity index (χ0v) is 25.5. The number of nitrogens with zero attached hydrogens (tertiary/aromatic N) is 1. The standard InChI is InChI=1S/C32H59NO6/c1-5-9-10-11-12-13-14-15-16-17-18-19-20-21-22-23-33(24-27(6-2)30(34)35,25-28(7-3)31(36)37)26-29(8-4)32(38)39/h22-23,27-29H,5-21,24-26H2,1-4H3,(H2-,34,35,36,37,38,39)/p+1/b23-22+. The maximum Gasteiger partial charge on any atom is 0.312 e. The van der Waals surface area contributed by atoms with E-state index in [1.54, 1.807) is 0 Å². The normalized spacial score (nSPS) is 15.6. The van der Waals surface area contributed by atoms with Gasteiger partial charge in [0.05, 0.1) is 25.8 Å². The van der Waals surface area contributed by atoms with Crippen LogP contribution < -0.4 is 0 Å². The highest BCUT2D eigenvalue weighted by Crippen LogP contribution is 2.25. The van der Waals surface area contributed by atoms with E-state index < -0.39 is 35.7 Å². The van der Waals surface area contributed by atoms with Crippen LogP contribution in [-0.4, -0.2) is 57.3 Å². The van der Waals surface area contributed by atoms with Crippen molar-refractivity contribution in [1.29, 1.82) is 0 Å². The minimum Gasteiger partial charge on any atom is -0.481 e. The summed E-state index contributed by atoms with van der Waals surface area (Å²) in [6.07, 6.45) is 22.7. The number of carbonyl (C=O) groups is 3. The van der Waals surface area contributed by atoms with Crippen molar-refractivity contribution in [3.63, 3.8) is 0 Å². The van der Waals surface area contributed by atoms with Crippen LogP contribution in [0.2, 0.25) is 0 Å². The number of aliphatic carboxylic acids is 3. The summed E-state index contributed by atoms with van der Waals surface area (Å²) in [5, 5.41) is 29.3. The number of rotatable bonds is 27. The number of carboxylic acid groups (broad SMARTS) is 3. The van der Waals surface area contributed by atoms with Crippen LogP contribution in [-0.2, 0) is 14.4 Å². The van der Waals surface area contributed by atoms with E-state index in [9.17, 15) is 29.7 Å². The molecule has 0 radical (unpaired) electrons. The molecule has 3 N–H and O–H groups in total. The van der Waals surface area contributed by atoms with Crippen molar-refractivity contribution in [2.24, 2.45) is 17.8 Å². The van der Waals surface area contributed by atoms with E-state index in [0.29, 0.717) is 19.3 Å². The second-order valence-electron chi connectivity index (χ2n) is 11.5. The molecule has 0 aliphatic rings. The number of hydrogen-bond acceptors (Lipinski definition) is 3. The molecule has 7 heteroatoms. The predicted molar refractivity (Wildman–Crippen MR) is 159 cm³/mol. The summed E-state index contributed by atoms with van der Waals surface area (Å²) in [4.78, 5) is 35.8. The average molecular weight is 555 g/mol. The third-order valence-electron chi connectivity index (χ3n) is 8.17. The molecule has 3 atom stereocenters. The van der Waals surface area contributed by atoms with Gasteiger partial charge in [-0.15, -0.1) is 0 Å². The van der Waals surface area contributed by atoms with Crippen molar-refractivity contribution in [2.75, 3.05) is 19.6 Å². The van der Waals surface area contributed by atoms with E-state index >= 15 is 0 Å². The lowest BCUT2D eigenvalue weighted by Crippen LogP contribution is -2.54. The maximum absolute atomic E-state index is 11.9. The number of quaternary nitrogens is 1. The van der Waals surface area contributed by atoms with Crippen molar-refractivity contribution < 1.29 is 34.2 Å². The highest BCUT2D eigenvalue weighted by atomic mass is 16.4. The average Bonchev–Trinajstić information content (AvgIpc) is 2.90. The molecular formula is C32H60NO6+. The molecule has 0 saturated heterocycles. The molecule has 0 spiro atoms. The lowest BCUT2D eigenvalue weighted by molar-refractivity contribution is -0.887. The number of carboxylic acids is 3. The van der Waals surface area contributed by atoms with Crippen LogP contribution in [0.15, 0.2) is 12.3 Å². The summed E-state index contributed by atoms with van der Waals surface area (Å²) in [5.41, 5.74) is 0. The summed E-state index contributed by atoms with van der Waals surface area (Å²) in [5.74, 6) is -4.75. The molecule has 0 aliphatic heterocycles. The first-order valence-corrected chi connectivity index (χ1v) is 15.9. The van der Waals surface area contributed by atoms with Crippen LogP contribution in [0.4, 0.5) is 0 Å². The number of allylic oxidation sites excluding steroid dienone is 1. The molecule has 7 nitrogen and oxygen atoms in total.